The molecule has 0 aliphatic rings. The molecule has 0 amide bonds. The number of aromatic nitrogens is 2. The third-order valence-corrected chi connectivity index (χ3v) is 4.25. The second-order valence-electron chi connectivity index (χ2n) is 5.17. The molecule has 24 heavy (non-hydrogen) atoms. The van der Waals surface area contributed by atoms with E-state index in [0.717, 1.165) is 17.9 Å². The summed E-state index contributed by atoms with van der Waals surface area (Å²) in [6, 6.07) is 18.0. The van der Waals surface area contributed by atoms with Crippen molar-refractivity contribution in [2.45, 2.75) is 24.3 Å². The summed E-state index contributed by atoms with van der Waals surface area (Å²) in [5.41, 5.74) is 2.10. The molecular weight excluding hydrogens is 323 g/mol. The molecule has 3 aromatic rings. The molecular formula is C19H17FN2OS. The van der Waals surface area contributed by atoms with Crippen molar-refractivity contribution < 1.29 is 9.13 Å². The lowest BCUT2D eigenvalue weighted by Crippen LogP contribution is -1.97. The van der Waals surface area contributed by atoms with Crippen LogP contribution in [0, 0.1) is 5.82 Å². The Bertz CT molecular complexity index is 811. The number of hydrogen-bond acceptors (Lipinski definition) is 4. The Kier molecular flexibility index (Phi) is 5.43. The number of ether oxygens (including phenoxy) is 1. The first-order chi connectivity index (χ1) is 11.7. The molecule has 0 fully saturated rings. The van der Waals surface area contributed by atoms with E-state index in [4.69, 9.17) is 4.74 Å². The SMILES string of the molecule is CCc1cc(Oc2cccc(F)c2)nc(SCc2ccccc2)n1. The smallest absolute Gasteiger partial charge is 0.223 e. The Morgan fingerprint density at radius 3 is 2.58 bits per heavy atom. The highest BCUT2D eigenvalue weighted by atomic mass is 32.2. The van der Waals surface area contributed by atoms with Crippen LogP contribution in [0.15, 0.2) is 65.8 Å². The minimum absolute atomic E-state index is 0.337. The van der Waals surface area contributed by atoms with Gasteiger partial charge >= 0.3 is 0 Å². The minimum atomic E-state index is -0.337. The molecule has 0 bridgehead atoms. The molecule has 0 spiro atoms. The lowest BCUT2D eigenvalue weighted by atomic mass is 10.2. The van der Waals surface area contributed by atoms with Crippen molar-refractivity contribution in [3.05, 3.63) is 77.7 Å². The Morgan fingerprint density at radius 2 is 1.83 bits per heavy atom. The van der Waals surface area contributed by atoms with Crippen molar-refractivity contribution >= 4 is 11.8 Å². The van der Waals surface area contributed by atoms with Gasteiger partial charge in [-0.15, -0.1) is 0 Å². The number of rotatable bonds is 6. The van der Waals surface area contributed by atoms with E-state index < -0.39 is 0 Å². The van der Waals surface area contributed by atoms with Crippen LogP contribution in [0.25, 0.3) is 0 Å². The summed E-state index contributed by atoms with van der Waals surface area (Å²) in [7, 11) is 0. The number of hydrogen-bond donors (Lipinski definition) is 0. The van der Waals surface area contributed by atoms with Crippen LogP contribution < -0.4 is 4.74 Å². The van der Waals surface area contributed by atoms with Crippen molar-refractivity contribution in [3.63, 3.8) is 0 Å². The second kappa shape index (κ2) is 7.93. The highest BCUT2D eigenvalue weighted by molar-refractivity contribution is 7.98. The summed E-state index contributed by atoms with van der Waals surface area (Å²) in [5.74, 6) is 1.31. The highest BCUT2D eigenvalue weighted by Gasteiger charge is 2.07. The highest BCUT2D eigenvalue weighted by Crippen LogP contribution is 2.25. The van der Waals surface area contributed by atoms with Crippen LogP contribution in [0.2, 0.25) is 0 Å². The Morgan fingerprint density at radius 1 is 1.00 bits per heavy atom. The fraction of sp³-hybridized carbons (Fsp3) is 0.158. The monoisotopic (exact) mass is 340 g/mol. The topological polar surface area (TPSA) is 35.0 Å². The normalized spacial score (nSPS) is 10.6. The number of aryl methyl sites for hydroxylation is 1. The molecule has 0 radical (unpaired) electrons. The predicted octanol–water partition coefficient (Wildman–Crippen LogP) is 5.26. The van der Waals surface area contributed by atoms with E-state index in [1.807, 2.05) is 25.1 Å². The van der Waals surface area contributed by atoms with E-state index in [9.17, 15) is 4.39 Å². The predicted molar refractivity (Wildman–Crippen MR) is 93.9 cm³/mol. The molecule has 122 valence electrons. The van der Waals surface area contributed by atoms with Crippen LogP contribution in [0.4, 0.5) is 4.39 Å². The average Bonchev–Trinajstić information content (AvgIpc) is 2.61. The maximum atomic E-state index is 13.3. The van der Waals surface area contributed by atoms with E-state index in [1.165, 1.54) is 17.7 Å². The van der Waals surface area contributed by atoms with Gasteiger partial charge in [0.1, 0.15) is 11.6 Å². The van der Waals surface area contributed by atoms with E-state index in [0.29, 0.717) is 16.8 Å². The summed E-state index contributed by atoms with van der Waals surface area (Å²) < 4.78 is 19.0. The van der Waals surface area contributed by atoms with Crippen LogP contribution in [0.3, 0.4) is 0 Å². The maximum absolute atomic E-state index is 13.3. The number of halogens is 1. The van der Waals surface area contributed by atoms with E-state index in [1.54, 1.807) is 30.0 Å². The molecule has 5 heteroatoms. The minimum Gasteiger partial charge on any atom is -0.439 e. The van der Waals surface area contributed by atoms with Crippen molar-refractivity contribution in [2.24, 2.45) is 0 Å². The Labute approximate surface area is 144 Å². The Hall–Kier alpha value is -2.40. The average molecular weight is 340 g/mol. The van der Waals surface area contributed by atoms with Crippen LogP contribution in [0.1, 0.15) is 18.2 Å². The van der Waals surface area contributed by atoms with Crippen molar-refractivity contribution in [2.75, 3.05) is 0 Å². The van der Waals surface area contributed by atoms with Gasteiger partial charge in [-0.2, -0.15) is 4.98 Å². The van der Waals surface area contributed by atoms with Gasteiger partial charge < -0.3 is 4.74 Å². The third-order valence-electron chi connectivity index (χ3n) is 3.33. The molecule has 0 N–H and O–H groups in total. The van der Waals surface area contributed by atoms with Gasteiger partial charge in [-0.05, 0) is 24.1 Å². The number of thioether (sulfide) groups is 1. The first-order valence-corrected chi connectivity index (χ1v) is 8.69. The number of nitrogens with zero attached hydrogens (tertiary/aromatic N) is 2. The lowest BCUT2D eigenvalue weighted by Gasteiger charge is -2.08. The summed E-state index contributed by atoms with van der Waals surface area (Å²) in [6.45, 7) is 2.03. The molecule has 2 aromatic carbocycles. The van der Waals surface area contributed by atoms with E-state index in [-0.39, 0.29) is 5.82 Å². The standard InChI is InChI=1S/C19H17FN2OS/c1-2-16-12-18(23-17-10-6-9-15(20)11-17)22-19(21-16)24-13-14-7-4-3-5-8-14/h3-12H,2,13H2,1H3. The Balaban J connectivity index is 1.77. The van der Waals surface area contributed by atoms with Crippen molar-refractivity contribution in [1.82, 2.24) is 9.97 Å². The van der Waals surface area contributed by atoms with Crippen LogP contribution in [-0.2, 0) is 12.2 Å². The molecule has 3 rings (SSSR count). The summed E-state index contributed by atoms with van der Waals surface area (Å²) in [4.78, 5) is 8.95. The fourth-order valence-corrected chi connectivity index (χ4v) is 2.95. The summed E-state index contributed by atoms with van der Waals surface area (Å²) in [5, 5.41) is 0.657. The van der Waals surface area contributed by atoms with Gasteiger partial charge in [0.2, 0.25) is 5.88 Å². The third kappa shape index (κ3) is 4.55. The van der Waals surface area contributed by atoms with Crippen molar-refractivity contribution in [1.29, 1.82) is 0 Å². The molecule has 1 heterocycles. The van der Waals surface area contributed by atoms with Gasteiger partial charge in [-0.3, -0.25) is 0 Å². The molecule has 0 aliphatic carbocycles. The van der Waals surface area contributed by atoms with E-state index in [2.05, 4.69) is 22.1 Å². The van der Waals surface area contributed by atoms with Crippen molar-refractivity contribution in [3.8, 4) is 11.6 Å². The molecule has 0 aliphatic heterocycles. The van der Waals surface area contributed by atoms with Crippen LogP contribution in [0.5, 0.6) is 11.6 Å². The largest absolute Gasteiger partial charge is 0.439 e. The summed E-state index contributed by atoms with van der Waals surface area (Å²) >= 11 is 1.55. The van der Waals surface area contributed by atoms with Crippen LogP contribution >= 0.6 is 11.8 Å². The quantitative estimate of drug-likeness (QED) is 0.453. The first kappa shape index (κ1) is 16.5. The van der Waals surface area contributed by atoms with Crippen LogP contribution in [-0.4, -0.2) is 9.97 Å². The maximum Gasteiger partial charge on any atom is 0.223 e. The fourth-order valence-electron chi connectivity index (χ4n) is 2.12. The molecule has 0 saturated heterocycles. The molecule has 0 atom stereocenters. The van der Waals surface area contributed by atoms with Gasteiger partial charge in [-0.1, -0.05) is 55.1 Å². The van der Waals surface area contributed by atoms with Gasteiger partial charge in [0.25, 0.3) is 0 Å². The van der Waals surface area contributed by atoms with Gasteiger partial charge in [-0.25, -0.2) is 9.37 Å². The molecule has 0 unspecified atom stereocenters. The van der Waals surface area contributed by atoms with Gasteiger partial charge in [0.05, 0.1) is 0 Å². The van der Waals surface area contributed by atoms with Gasteiger partial charge in [0.15, 0.2) is 5.16 Å². The summed E-state index contributed by atoms with van der Waals surface area (Å²) in [6.07, 6.45) is 0.779. The zero-order valence-electron chi connectivity index (χ0n) is 13.3. The molecule has 1 aromatic heterocycles. The first-order valence-electron chi connectivity index (χ1n) is 7.71. The van der Waals surface area contributed by atoms with E-state index >= 15 is 0 Å². The molecule has 3 nitrogen and oxygen atoms in total. The molecule has 0 saturated carbocycles. The second-order valence-corrected chi connectivity index (χ2v) is 6.11. The lowest BCUT2D eigenvalue weighted by molar-refractivity contribution is 0.449. The zero-order valence-corrected chi connectivity index (χ0v) is 14.1. The number of benzene rings is 2. The van der Waals surface area contributed by atoms with Gasteiger partial charge in [0, 0.05) is 23.6 Å². The zero-order chi connectivity index (χ0) is 16.8.